The molecule has 9 heteroatoms. The summed E-state index contributed by atoms with van der Waals surface area (Å²) in [6.45, 7) is 3.32. The quantitative estimate of drug-likeness (QED) is 0.512. The normalized spacial score (nSPS) is 18.2. The standard InChI is InChI=1S/C25H28FN5O2S/c26-18-8-10-19(11-9-18)31-23(16-30-13-4-1-5-14-30)28-29-25(31)34-17-24(32)27-21-12-15-33-22-7-3-2-6-20(21)22/h2-3,6-11,21H,1,4-5,12-17H2,(H,27,32). The molecule has 1 amide bonds. The van der Waals surface area contributed by atoms with Crippen molar-refractivity contribution in [1.29, 1.82) is 0 Å². The molecule has 0 bridgehead atoms. The van der Waals surface area contributed by atoms with Gasteiger partial charge in [0, 0.05) is 17.7 Å². The molecule has 0 radical (unpaired) electrons. The van der Waals surface area contributed by atoms with Gasteiger partial charge in [0.05, 0.1) is 24.9 Å². The first-order chi connectivity index (χ1) is 16.7. The largest absolute Gasteiger partial charge is 0.493 e. The summed E-state index contributed by atoms with van der Waals surface area (Å²) in [4.78, 5) is 15.2. The molecule has 3 heterocycles. The molecule has 1 atom stereocenters. The van der Waals surface area contributed by atoms with Crippen LogP contribution in [-0.2, 0) is 11.3 Å². The second kappa shape index (κ2) is 10.6. The number of fused-ring (bicyclic) bond motifs is 1. The number of rotatable bonds is 7. The van der Waals surface area contributed by atoms with Gasteiger partial charge < -0.3 is 10.1 Å². The molecule has 0 spiro atoms. The number of carbonyl (C=O) groups excluding carboxylic acids is 1. The molecule has 1 saturated heterocycles. The number of amides is 1. The summed E-state index contributed by atoms with van der Waals surface area (Å²) in [5.74, 6) is 1.47. The first-order valence-corrected chi connectivity index (χ1v) is 12.7. The Balaban J connectivity index is 1.30. The van der Waals surface area contributed by atoms with Gasteiger partial charge in [-0.15, -0.1) is 10.2 Å². The highest BCUT2D eigenvalue weighted by Crippen LogP contribution is 2.32. The zero-order valence-electron chi connectivity index (χ0n) is 19.0. The average Bonchev–Trinajstić information content (AvgIpc) is 3.26. The van der Waals surface area contributed by atoms with Gasteiger partial charge in [0.25, 0.3) is 0 Å². The molecule has 2 aliphatic rings. The molecule has 34 heavy (non-hydrogen) atoms. The summed E-state index contributed by atoms with van der Waals surface area (Å²) in [6, 6.07) is 14.1. The number of aromatic nitrogens is 3. The van der Waals surface area contributed by atoms with Gasteiger partial charge in [-0.3, -0.25) is 14.3 Å². The van der Waals surface area contributed by atoms with Gasteiger partial charge in [0.15, 0.2) is 11.0 Å². The van der Waals surface area contributed by atoms with E-state index in [9.17, 15) is 9.18 Å². The van der Waals surface area contributed by atoms with E-state index in [4.69, 9.17) is 4.74 Å². The van der Waals surface area contributed by atoms with E-state index in [1.54, 1.807) is 12.1 Å². The fraction of sp³-hybridized carbons (Fsp3) is 0.400. The molecule has 1 unspecified atom stereocenters. The molecule has 178 valence electrons. The number of piperidine rings is 1. The van der Waals surface area contributed by atoms with Crippen molar-refractivity contribution >= 4 is 17.7 Å². The first kappa shape index (κ1) is 22.9. The highest BCUT2D eigenvalue weighted by Gasteiger charge is 2.24. The Kier molecular flexibility index (Phi) is 7.10. The van der Waals surface area contributed by atoms with Crippen LogP contribution in [0.3, 0.4) is 0 Å². The summed E-state index contributed by atoms with van der Waals surface area (Å²) >= 11 is 1.34. The number of thioether (sulfide) groups is 1. The predicted octanol–water partition coefficient (Wildman–Crippen LogP) is 4.12. The molecule has 1 aromatic heterocycles. The van der Waals surface area contributed by atoms with Crippen molar-refractivity contribution in [3.8, 4) is 11.4 Å². The SMILES string of the molecule is O=C(CSc1nnc(CN2CCCCC2)n1-c1ccc(F)cc1)NC1CCOc2ccccc21. The minimum atomic E-state index is -0.292. The second-order valence-electron chi connectivity index (χ2n) is 8.63. The first-order valence-electron chi connectivity index (χ1n) is 11.7. The Labute approximate surface area is 202 Å². The van der Waals surface area contributed by atoms with E-state index < -0.39 is 0 Å². The molecule has 2 aromatic carbocycles. The predicted molar refractivity (Wildman–Crippen MR) is 129 cm³/mol. The minimum Gasteiger partial charge on any atom is -0.493 e. The number of nitrogens with one attached hydrogen (secondary N) is 1. The topological polar surface area (TPSA) is 72.3 Å². The monoisotopic (exact) mass is 481 g/mol. The Morgan fingerprint density at radius 2 is 1.88 bits per heavy atom. The summed E-state index contributed by atoms with van der Waals surface area (Å²) in [5, 5.41) is 12.6. The van der Waals surface area contributed by atoms with Gasteiger partial charge in [0.2, 0.25) is 5.91 Å². The summed E-state index contributed by atoms with van der Waals surface area (Å²) < 4.78 is 21.2. The lowest BCUT2D eigenvalue weighted by atomic mass is 10.0. The summed E-state index contributed by atoms with van der Waals surface area (Å²) in [5.41, 5.74) is 1.80. The van der Waals surface area contributed by atoms with Gasteiger partial charge in [-0.1, -0.05) is 36.4 Å². The summed E-state index contributed by atoms with van der Waals surface area (Å²) in [7, 11) is 0. The van der Waals surface area contributed by atoms with E-state index in [2.05, 4.69) is 20.4 Å². The van der Waals surface area contributed by atoms with Gasteiger partial charge in [-0.05, 0) is 56.3 Å². The zero-order valence-corrected chi connectivity index (χ0v) is 19.8. The number of likely N-dealkylation sites (tertiary alicyclic amines) is 1. The lowest BCUT2D eigenvalue weighted by molar-refractivity contribution is -0.119. The van der Waals surface area contributed by atoms with Crippen LogP contribution in [0.2, 0.25) is 0 Å². The fourth-order valence-electron chi connectivity index (χ4n) is 4.52. The third-order valence-corrected chi connectivity index (χ3v) is 7.15. The maximum absolute atomic E-state index is 13.6. The number of benzene rings is 2. The van der Waals surface area contributed by atoms with Crippen molar-refractivity contribution in [2.45, 2.75) is 43.4 Å². The molecule has 3 aromatic rings. The molecule has 1 N–H and O–H groups in total. The Morgan fingerprint density at radius 1 is 1.09 bits per heavy atom. The Hall–Kier alpha value is -2.91. The van der Waals surface area contributed by atoms with Crippen molar-refractivity contribution in [3.05, 3.63) is 65.7 Å². The highest BCUT2D eigenvalue weighted by molar-refractivity contribution is 7.99. The zero-order chi connectivity index (χ0) is 23.3. The van der Waals surface area contributed by atoms with E-state index in [0.29, 0.717) is 18.3 Å². The van der Waals surface area contributed by atoms with E-state index in [-0.39, 0.29) is 23.5 Å². The molecular formula is C25H28FN5O2S. The third kappa shape index (κ3) is 5.26. The number of hydrogen-bond donors (Lipinski definition) is 1. The van der Waals surface area contributed by atoms with Crippen molar-refractivity contribution in [2.24, 2.45) is 0 Å². The van der Waals surface area contributed by atoms with Crippen LogP contribution in [0.25, 0.3) is 5.69 Å². The van der Waals surface area contributed by atoms with Crippen LogP contribution in [0.1, 0.15) is 43.1 Å². The highest BCUT2D eigenvalue weighted by atomic mass is 32.2. The molecule has 0 saturated carbocycles. The van der Waals surface area contributed by atoms with E-state index in [1.807, 2.05) is 28.8 Å². The van der Waals surface area contributed by atoms with Crippen molar-refractivity contribution in [1.82, 2.24) is 25.0 Å². The molecule has 7 nitrogen and oxygen atoms in total. The summed E-state index contributed by atoms with van der Waals surface area (Å²) in [6.07, 6.45) is 4.36. The minimum absolute atomic E-state index is 0.0670. The second-order valence-corrected chi connectivity index (χ2v) is 9.57. The lowest BCUT2D eigenvalue weighted by Crippen LogP contribution is -2.33. The number of carbonyl (C=O) groups is 1. The maximum Gasteiger partial charge on any atom is 0.230 e. The molecule has 2 aliphatic heterocycles. The molecule has 0 aliphatic carbocycles. The van der Waals surface area contributed by atoms with E-state index in [1.165, 1.54) is 43.2 Å². The third-order valence-electron chi connectivity index (χ3n) is 6.23. The van der Waals surface area contributed by atoms with E-state index in [0.717, 1.165) is 42.3 Å². The number of halogens is 1. The van der Waals surface area contributed by atoms with E-state index >= 15 is 0 Å². The fourth-order valence-corrected chi connectivity index (χ4v) is 5.30. The van der Waals surface area contributed by atoms with Crippen LogP contribution in [0.4, 0.5) is 4.39 Å². The average molecular weight is 482 g/mol. The number of ether oxygens (including phenoxy) is 1. The smallest absolute Gasteiger partial charge is 0.230 e. The van der Waals surface area contributed by atoms with Gasteiger partial charge >= 0.3 is 0 Å². The van der Waals surface area contributed by atoms with Gasteiger partial charge in [0.1, 0.15) is 11.6 Å². The van der Waals surface area contributed by atoms with Gasteiger partial charge in [-0.25, -0.2) is 4.39 Å². The molecular weight excluding hydrogens is 453 g/mol. The number of para-hydroxylation sites is 1. The van der Waals surface area contributed by atoms with Crippen molar-refractivity contribution in [2.75, 3.05) is 25.4 Å². The number of hydrogen-bond acceptors (Lipinski definition) is 6. The van der Waals surface area contributed by atoms with Crippen LogP contribution >= 0.6 is 11.8 Å². The Morgan fingerprint density at radius 3 is 2.71 bits per heavy atom. The van der Waals surface area contributed by atoms with Crippen LogP contribution in [0.5, 0.6) is 5.75 Å². The molecule has 1 fully saturated rings. The van der Waals surface area contributed by atoms with Crippen LogP contribution < -0.4 is 10.1 Å². The lowest BCUT2D eigenvalue weighted by Gasteiger charge is -2.26. The van der Waals surface area contributed by atoms with Gasteiger partial charge in [-0.2, -0.15) is 0 Å². The van der Waals surface area contributed by atoms with Crippen molar-refractivity contribution < 1.29 is 13.9 Å². The van der Waals surface area contributed by atoms with Crippen LogP contribution in [0, 0.1) is 5.82 Å². The number of nitrogens with zero attached hydrogens (tertiary/aromatic N) is 4. The van der Waals surface area contributed by atoms with Crippen LogP contribution in [-0.4, -0.2) is 51.0 Å². The van der Waals surface area contributed by atoms with Crippen LogP contribution in [0.15, 0.2) is 53.7 Å². The molecule has 5 rings (SSSR count). The Bertz CT molecular complexity index is 1130. The van der Waals surface area contributed by atoms with Crippen molar-refractivity contribution in [3.63, 3.8) is 0 Å². The maximum atomic E-state index is 13.6.